The monoisotopic (exact) mass is 341 g/mol. The third kappa shape index (κ3) is 3.46. The van der Waals surface area contributed by atoms with E-state index < -0.39 is 0 Å². The number of hydrogen-bond donors (Lipinski definition) is 0. The van der Waals surface area contributed by atoms with Crippen molar-refractivity contribution in [2.24, 2.45) is 0 Å². The highest BCUT2D eigenvalue weighted by Crippen LogP contribution is 2.26. The van der Waals surface area contributed by atoms with Crippen molar-refractivity contribution in [3.8, 4) is 11.5 Å². The summed E-state index contributed by atoms with van der Waals surface area (Å²) in [7, 11) is 0. The molecule has 3 aromatic rings. The van der Waals surface area contributed by atoms with Crippen molar-refractivity contribution in [3.63, 3.8) is 0 Å². The largest absolute Gasteiger partial charge is 0.412 e. The summed E-state index contributed by atoms with van der Waals surface area (Å²) in [5.74, 6) is -0.102. The Balaban J connectivity index is 1.81. The van der Waals surface area contributed by atoms with Gasteiger partial charge in [0.25, 0.3) is 0 Å². The maximum atomic E-state index is 12.6. The van der Waals surface area contributed by atoms with Gasteiger partial charge < -0.3 is 9.32 Å². The van der Waals surface area contributed by atoms with Crippen LogP contribution in [0.2, 0.25) is 5.02 Å². The number of amides is 1. The van der Waals surface area contributed by atoms with Crippen LogP contribution >= 0.6 is 11.6 Å². The average Bonchev–Trinajstić information content (AvgIpc) is 3.10. The van der Waals surface area contributed by atoms with E-state index in [4.69, 9.17) is 16.0 Å². The Morgan fingerprint density at radius 1 is 1.08 bits per heavy atom. The molecule has 2 aromatic carbocycles. The number of nitrogens with zero attached hydrogens (tertiary/aromatic N) is 3. The van der Waals surface area contributed by atoms with Gasteiger partial charge >= 0.3 is 11.8 Å². The molecule has 0 saturated carbocycles. The van der Waals surface area contributed by atoms with Crippen LogP contribution in [0.3, 0.4) is 0 Å². The van der Waals surface area contributed by atoms with E-state index in [1.54, 1.807) is 17.0 Å². The van der Waals surface area contributed by atoms with E-state index in [1.807, 2.05) is 49.4 Å². The standard InChI is InChI=1S/C18H16ClN3O2/c1-2-22(12-13-8-4-3-5-9-13)18(23)17-21-20-16(24-17)14-10-6-7-11-15(14)19/h3-11H,2,12H2,1H3. The van der Waals surface area contributed by atoms with Crippen molar-refractivity contribution in [1.29, 1.82) is 0 Å². The predicted molar refractivity (Wildman–Crippen MR) is 91.6 cm³/mol. The van der Waals surface area contributed by atoms with Crippen molar-refractivity contribution in [2.45, 2.75) is 13.5 Å². The van der Waals surface area contributed by atoms with Crippen LogP contribution in [0.4, 0.5) is 0 Å². The van der Waals surface area contributed by atoms with Crippen molar-refractivity contribution in [3.05, 3.63) is 71.1 Å². The van der Waals surface area contributed by atoms with E-state index in [2.05, 4.69) is 10.2 Å². The number of aromatic nitrogens is 2. The van der Waals surface area contributed by atoms with Crippen LogP contribution in [-0.2, 0) is 6.54 Å². The molecule has 0 unspecified atom stereocenters. The second-order valence-electron chi connectivity index (χ2n) is 5.20. The second-order valence-corrected chi connectivity index (χ2v) is 5.60. The van der Waals surface area contributed by atoms with E-state index in [-0.39, 0.29) is 17.7 Å². The molecule has 3 rings (SSSR count). The van der Waals surface area contributed by atoms with Crippen LogP contribution < -0.4 is 0 Å². The molecule has 0 N–H and O–H groups in total. The fourth-order valence-corrected chi connectivity index (χ4v) is 2.54. The molecular weight excluding hydrogens is 326 g/mol. The Morgan fingerprint density at radius 3 is 2.50 bits per heavy atom. The van der Waals surface area contributed by atoms with Gasteiger partial charge in [-0.2, -0.15) is 0 Å². The topological polar surface area (TPSA) is 59.2 Å². The molecule has 0 radical (unpaired) electrons. The Kier molecular flexibility index (Phi) is 4.91. The van der Waals surface area contributed by atoms with Gasteiger partial charge in [0, 0.05) is 13.1 Å². The van der Waals surface area contributed by atoms with Crippen LogP contribution in [0.15, 0.2) is 59.0 Å². The summed E-state index contributed by atoms with van der Waals surface area (Å²) in [6.07, 6.45) is 0. The third-order valence-corrected chi connectivity index (χ3v) is 3.93. The lowest BCUT2D eigenvalue weighted by atomic mass is 10.2. The minimum atomic E-state index is -0.299. The van der Waals surface area contributed by atoms with Gasteiger partial charge in [0.2, 0.25) is 5.89 Å². The van der Waals surface area contributed by atoms with Crippen LogP contribution in [0.5, 0.6) is 0 Å². The summed E-state index contributed by atoms with van der Waals surface area (Å²) >= 11 is 6.12. The van der Waals surface area contributed by atoms with Gasteiger partial charge in [-0.1, -0.05) is 54.1 Å². The third-order valence-electron chi connectivity index (χ3n) is 3.60. The van der Waals surface area contributed by atoms with Gasteiger partial charge in [0.15, 0.2) is 0 Å². The van der Waals surface area contributed by atoms with E-state index in [0.717, 1.165) is 5.56 Å². The first-order valence-corrected chi connectivity index (χ1v) is 7.98. The summed E-state index contributed by atoms with van der Waals surface area (Å²) in [5.41, 5.74) is 1.65. The number of hydrogen-bond acceptors (Lipinski definition) is 4. The van der Waals surface area contributed by atoms with E-state index in [9.17, 15) is 4.79 Å². The normalized spacial score (nSPS) is 10.6. The van der Waals surface area contributed by atoms with Crippen LogP contribution in [-0.4, -0.2) is 27.5 Å². The van der Waals surface area contributed by atoms with Gasteiger partial charge in [-0.05, 0) is 24.6 Å². The maximum Gasteiger partial charge on any atom is 0.311 e. The molecule has 0 aliphatic heterocycles. The molecule has 122 valence electrons. The number of halogens is 1. The molecule has 0 atom stereocenters. The summed E-state index contributed by atoms with van der Waals surface area (Å²) < 4.78 is 5.53. The molecule has 1 aromatic heterocycles. The van der Waals surface area contributed by atoms with E-state index >= 15 is 0 Å². The van der Waals surface area contributed by atoms with Crippen molar-refractivity contribution in [1.82, 2.24) is 15.1 Å². The number of benzene rings is 2. The number of carbonyl (C=O) groups is 1. The fourth-order valence-electron chi connectivity index (χ4n) is 2.32. The zero-order chi connectivity index (χ0) is 16.9. The molecule has 0 spiro atoms. The molecule has 0 aliphatic rings. The Labute approximate surface area is 144 Å². The highest BCUT2D eigenvalue weighted by molar-refractivity contribution is 6.33. The zero-order valence-corrected chi connectivity index (χ0v) is 13.9. The molecule has 24 heavy (non-hydrogen) atoms. The lowest BCUT2D eigenvalue weighted by Crippen LogP contribution is -2.30. The Bertz CT molecular complexity index is 833. The van der Waals surface area contributed by atoms with Crippen molar-refractivity contribution >= 4 is 17.5 Å². The SMILES string of the molecule is CCN(Cc1ccccc1)C(=O)c1nnc(-c2ccccc2Cl)o1. The first-order valence-electron chi connectivity index (χ1n) is 7.60. The Hall–Kier alpha value is -2.66. The van der Waals surface area contributed by atoms with Crippen LogP contribution in [0, 0.1) is 0 Å². The van der Waals surface area contributed by atoms with E-state index in [0.29, 0.717) is 23.7 Å². The minimum absolute atomic E-state index is 0.0392. The maximum absolute atomic E-state index is 12.6. The molecule has 0 bridgehead atoms. The molecular formula is C18H16ClN3O2. The molecule has 0 saturated heterocycles. The van der Waals surface area contributed by atoms with Gasteiger partial charge in [-0.25, -0.2) is 0 Å². The lowest BCUT2D eigenvalue weighted by molar-refractivity contribution is 0.0713. The van der Waals surface area contributed by atoms with Crippen molar-refractivity contribution < 1.29 is 9.21 Å². The number of carbonyl (C=O) groups excluding carboxylic acids is 1. The highest BCUT2D eigenvalue weighted by Gasteiger charge is 2.22. The first kappa shape index (κ1) is 16.2. The van der Waals surface area contributed by atoms with Crippen molar-refractivity contribution in [2.75, 3.05) is 6.54 Å². The smallest absolute Gasteiger partial charge is 0.311 e. The van der Waals surface area contributed by atoms with Gasteiger partial charge in [-0.3, -0.25) is 4.79 Å². The van der Waals surface area contributed by atoms with Gasteiger partial charge in [0.1, 0.15) is 0 Å². The summed E-state index contributed by atoms with van der Waals surface area (Å²) in [6, 6.07) is 16.9. The number of rotatable bonds is 5. The van der Waals surface area contributed by atoms with Crippen LogP contribution in [0.25, 0.3) is 11.5 Å². The van der Waals surface area contributed by atoms with E-state index in [1.165, 1.54) is 0 Å². The minimum Gasteiger partial charge on any atom is -0.412 e. The summed E-state index contributed by atoms with van der Waals surface area (Å²) in [6.45, 7) is 2.93. The molecule has 0 fully saturated rings. The zero-order valence-electron chi connectivity index (χ0n) is 13.1. The summed E-state index contributed by atoms with van der Waals surface area (Å²) in [5, 5.41) is 8.32. The van der Waals surface area contributed by atoms with Crippen LogP contribution in [0.1, 0.15) is 23.2 Å². The predicted octanol–water partition coefficient (Wildman–Crippen LogP) is 4.05. The molecule has 1 amide bonds. The Morgan fingerprint density at radius 2 is 1.79 bits per heavy atom. The quantitative estimate of drug-likeness (QED) is 0.702. The molecule has 1 heterocycles. The molecule has 0 aliphatic carbocycles. The van der Waals surface area contributed by atoms with Gasteiger partial charge in [-0.15, -0.1) is 10.2 Å². The molecule has 6 heteroatoms. The first-order chi connectivity index (χ1) is 11.7. The highest BCUT2D eigenvalue weighted by atomic mass is 35.5. The average molecular weight is 342 g/mol. The van der Waals surface area contributed by atoms with Gasteiger partial charge in [0.05, 0.1) is 10.6 Å². The lowest BCUT2D eigenvalue weighted by Gasteiger charge is -2.18. The molecule has 5 nitrogen and oxygen atoms in total. The fraction of sp³-hybridized carbons (Fsp3) is 0.167. The summed E-state index contributed by atoms with van der Waals surface area (Å²) in [4.78, 5) is 14.3. The second kappa shape index (κ2) is 7.27.